The maximum absolute atomic E-state index is 12.0. The number of amides is 3. The number of anilines is 1. The van der Waals surface area contributed by atoms with E-state index in [-0.39, 0.29) is 35.2 Å². The van der Waals surface area contributed by atoms with Crippen molar-refractivity contribution in [3.63, 3.8) is 0 Å². The second-order valence-electron chi connectivity index (χ2n) is 4.07. The van der Waals surface area contributed by atoms with Crippen LogP contribution in [-0.2, 0) is 9.59 Å². The van der Waals surface area contributed by atoms with Gasteiger partial charge in [0.2, 0.25) is 11.8 Å². The molecule has 1 aromatic heterocycles. The fourth-order valence-electron chi connectivity index (χ4n) is 1.70. The fourth-order valence-corrected chi connectivity index (χ4v) is 1.86. The second-order valence-corrected chi connectivity index (χ2v) is 4.46. The molecule has 1 fully saturated rings. The summed E-state index contributed by atoms with van der Waals surface area (Å²) in [7, 11) is 0. The summed E-state index contributed by atoms with van der Waals surface area (Å²) in [5.74, 6) is -1.40. The van der Waals surface area contributed by atoms with Crippen molar-refractivity contribution in [2.45, 2.75) is 18.9 Å². The fraction of sp³-hybridized carbons (Fsp3) is 0.273. The molecule has 100 valence electrons. The first-order chi connectivity index (χ1) is 8.97. The molecule has 1 aliphatic rings. The molecule has 4 N–H and O–H groups in total. The number of hydrogen-bond acceptors (Lipinski definition) is 5. The molecule has 1 aromatic rings. The number of imide groups is 1. The van der Waals surface area contributed by atoms with Gasteiger partial charge in [0.15, 0.2) is 0 Å². The Balaban J connectivity index is 2.11. The standard InChI is InChI=1S/C11H11ClN4O3/c12-8-3-5(6(13)4-14-8)10(18)15-7-1-2-9(17)16-11(7)19/h3-4,7H,1-2,13H2,(H,15,18)(H,16,17,19). The summed E-state index contributed by atoms with van der Waals surface area (Å²) in [6.07, 6.45) is 1.71. The van der Waals surface area contributed by atoms with E-state index in [0.29, 0.717) is 0 Å². The molecule has 1 aliphatic heterocycles. The van der Waals surface area contributed by atoms with Crippen LogP contribution >= 0.6 is 11.6 Å². The Labute approximate surface area is 113 Å². The van der Waals surface area contributed by atoms with E-state index >= 15 is 0 Å². The Kier molecular flexibility index (Phi) is 3.66. The van der Waals surface area contributed by atoms with Gasteiger partial charge in [-0.05, 0) is 12.5 Å². The third kappa shape index (κ3) is 3.00. The minimum Gasteiger partial charge on any atom is -0.397 e. The van der Waals surface area contributed by atoms with Crippen molar-refractivity contribution in [2.75, 3.05) is 5.73 Å². The Bertz CT molecular complexity index is 561. The molecule has 0 radical (unpaired) electrons. The number of carbonyl (C=O) groups is 3. The van der Waals surface area contributed by atoms with Crippen molar-refractivity contribution < 1.29 is 14.4 Å². The smallest absolute Gasteiger partial charge is 0.254 e. The normalized spacial score (nSPS) is 18.9. The zero-order valence-corrected chi connectivity index (χ0v) is 10.5. The van der Waals surface area contributed by atoms with E-state index in [0.717, 1.165) is 0 Å². The van der Waals surface area contributed by atoms with E-state index in [9.17, 15) is 14.4 Å². The maximum Gasteiger partial charge on any atom is 0.254 e. The monoisotopic (exact) mass is 282 g/mol. The minimum absolute atomic E-state index is 0.127. The SMILES string of the molecule is Nc1cnc(Cl)cc1C(=O)NC1CCC(=O)NC1=O. The summed E-state index contributed by atoms with van der Waals surface area (Å²) in [6, 6.07) is 0.564. The number of nitrogens with zero attached hydrogens (tertiary/aromatic N) is 1. The van der Waals surface area contributed by atoms with Crippen LogP contribution in [0, 0.1) is 0 Å². The average Bonchev–Trinajstić information content (AvgIpc) is 2.35. The van der Waals surface area contributed by atoms with Crippen LogP contribution in [-0.4, -0.2) is 28.7 Å². The summed E-state index contributed by atoms with van der Waals surface area (Å²) >= 11 is 5.68. The van der Waals surface area contributed by atoms with Gasteiger partial charge >= 0.3 is 0 Å². The molecule has 0 bridgehead atoms. The molecule has 2 heterocycles. The number of rotatable bonds is 2. The zero-order valence-electron chi connectivity index (χ0n) is 9.77. The van der Waals surface area contributed by atoms with Crippen molar-refractivity contribution in [1.29, 1.82) is 0 Å². The predicted molar refractivity (Wildman–Crippen MR) is 67.3 cm³/mol. The molecule has 1 saturated heterocycles. The Morgan fingerprint density at radius 2 is 2.26 bits per heavy atom. The highest BCUT2D eigenvalue weighted by molar-refractivity contribution is 6.29. The molecule has 0 spiro atoms. The molecule has 7 nitrogen and oxygen atoms in total. The van der Waals surface area contributed by atoms with Gasteiger partial charge in [-0.25, -0.2) is 4.98 Å². The highest BCUT2D eigenvalue weighted by Gasteiger charge is 2.28. The number of nitrogens with two attached hydrogens (primary N) is 1. The second kappa shape index (κ2) is 5.23. The number of piperidine rings is 1. The number of halogens is 1. The molecule has 0 saturated carbocycles. The minimum atomic E-state index is -0.753. The van der Waals surface area contributed by atoms with Crippen LogP contribution in [0.2, 0.25) is 5.15 Å². The van der Waals surface area contributed by atoms with Crippen LogP contribution in [0.1, 0.15) is 23.2 Å². The van der Waals surface area contributed by atoms with Crippen LogP contribution < -0.4 is 16.4 Å². The molecule has 1 unspecified atom stereocenters. The summed E-state index contributed by atoms with van der Waals surface area (Å²) < 4.78 is 0. The average molecular weight is 283 g/mol. The summed E-state index contributed by atoms with van der Waals surface area (Å²) in [5, 5.41) is 4.78. The lowest BCUT2D eigenvalue weighted by Gasteiger charge is -2.22. The number of carbonyl (C=O) groups excluding carboxylic acids is 3. The van der Waals surface area contributed by atoms with Gasteiger partial charge < -0.3 is 11.1 Å². The van der Waals surface area contributed by atoms with E-state index < -0.39 is 17.9 Å². The van der Waals surface area contributed by atoms with Gasteiger partial charge in [0.25, 0.3) is 5.91 Å². The first-order valence-electron chi connectivity index (χ1n) is 5.53. The number of aromatic nitrogens is 1. The van der Waals surface area contributed by atoms with Crippen molar-refractivity contribution in [3.05, 3.63) is 23.0 Å². The van der Waals surface area contributed by atoms with Crippen molar-refractivity contribution in [1.82, 2.24) is 15.6 Å². The molecule has 2 rings (SSSR count). The topological polar surface area (TPSA) is 114 Å². The van der Waals surface area contributed by atoms with Crippen LogP contribution in [0.4, 0.5) is 5.69 Å². The number of hydrogen-bond donors (Lipinski definition) is 3. The molecule has 3 amide bonds. The number of nitrogens with one attached hydrogen (secondary N) is 2. The summed E-state index contributed by atoms with van der Waals surface area (Å²) in [6.45, 7) is 0. The van der Waals surface area contributed by atoms with E-state index in [1.165, 1.54) is 12.3 Å². The third-order valence-electron chi connectivity index (χ3n) is 2.69. The molecule has 0 aliphatic carbocycles. The molecular formula is C11H11ClN4O3. The lowest BCUT2D eigenvalue weighted by Crippen LogP contribution is -2.52. The highest BCUT2D eigenvalue weighted by atomic mass is 35.5. The zero-order chi connectivity index (χ0) is 14.0. The van der Waals surface area contributed by atoms with Crippen molar-refractivity contribution >= 4 is 35.0 Å². The van der Waals surface area contributed by atoms with E-state index in [1.807, 2.05) is 0 Å². The largest absolute Gasteiger partial charge is 0.397 e. The first-order valence-corrected chi connectivity index (χ1v) is 5.90. The predicted octanol–water partition coefficient (Wildman–Crippen LogP) is -0.148. The van der Waals surface area contributed by atoms with Gasteiger partial charge in [0.05, 0.1) is 17.4 Å². The first kappa shape index (κ1) is 13.3. The van der Waals surface area contributed by atoms with Crippen LogP contribution in [0.25, 0.3) is 0 Å². The van der Waals surface area contributed by atoms with Gasteiger partial charge in [-0.1, -0.05) is 11.6 Å². The summed E-state index contributed by atoms with van der Waals surface area (Å²) in [5.41, 5.74) is 5.92. The van der Waals surface area contributed by atoms with Crippen molar-refractivity contribution in [2.24, 2.45) is 0 Å². The van der Waals surface area contributed by atoms with Gasteiger partial charge in [-0.2, -0.15) is 0 Å². The summed E-state index contributed by atoms with van der Waals surface area (Å²) in [4.78, 5) is 38.2. The quantitative estimate of drug-likeness (QED) is 0.516. The lowest BCUT2D eigenvalue weighted by atomic mass is 10.1. The highest BCUT2D eigenvalue weighted by Crippen LogP contribution is 2.15. The molecule has 1 atom stereocenters. The van der Waals surface area contributed by atoms with Gasteiger partial charge in [-0.3, -0.25) is 19.7 Å². The Hall–Kier alpha value is -2.15. The van der Waals surface area contributed by atoms with E-state index in [1.54, 1.807) is 0 Å². The molecule has 19 heavy (non-hydrogen) atoms. The third-order valence-corrected chi connectivity index (χ3v) is 2.90. The molecule has 8 heteroatoms. The van der Waals surface area contributed by atoms with E-state index in [2.05, 4.69) is 15.6 Å². The molecule has 0 aromatic carbocycles. The van der Waals surface area contributed by atoms with Crippen LogP contribution in [0.3, 0.4) is 0 Å². The lowest BCUT2D eigenvalue weighted by molar-refractivity contribution is -0.134. The van der Waals surface area contributed by atoms with Crippen LogP contribution in [0.5, 0.6) is 0 Å². The maximum atomic E-state index is 12.0. The number of pyridine rings is 1. The van der Waals surface area contributed by atoms with Gasteiger partial charge in [-0.15, -0.1) is 0 Å². The Morgan fingerprint density at radius 3 is 2.95 bits per heavy atom. The van der Waals surface area contributed by atoms with Gasteiger partial charge in [0.1, 0.15) is 11.2 Å². The van der Waals surface area contributed by atoms with Crippen molar-refractivity contribution in [3.8, 4) is 0 Å². The van der Waals surface area contributed by atoms with E-state index in [4.69, 9.17) is 17.3 Å². The van der Waals surface area contributed by atoms with Gasteiger partial charge in [0, 0.05) is 6.42 Å². The van der Waals surface area contributed by atoms with Crippen LogP contribution in [0.15, 0.2) is 12.3 Å². The number of nitrogen functional groups attached to an aromatic ring is 1. The Morgan fingerprint density at radius 1 is 1.53 bits per heavy atom. The molecular weight excluding hydrogens is 272 g/mol.